The van der Waals surface area contributed by atoms with E-state index in [2.05, 4.69) is 4.90 Å². The number of rotatable bonds is 4. The van der Waals surface area contributed by atoms with Crippen LogP contribution in [0.1, 0.15) is 14.8 Å². The minimum Gasteiger partial charge on any atom is -0.351 e. The second kappa shape index (κ2) is 4.98. The number of nitrogens with zero attached hydrogens (tertiary/aromatic N) is 2. The molecular weight excluding hydrogens is 154 g/mol. The van der Waals surface area contributed by atoms with Crippen molar-refractivity contribution in [3.8, 4) is 0 Å². The summed E-state index contributed by atoms with van der Waals surface area (Å²) >= 11 is 0. The molecule has 74 valence electrons. The molecule has 0 aliphatic carbocycles. The van der Waals surface area contributed by atoms with Crippen LogP contribution in [0.5, 0.6) is 0 Å². The molecule has 2 N–H and O–H groups in total. The zero-order valence-electron chi connectivity index (χ0n) is 8.37. The van der Waals surface area contributed by atoms with Gasteiger partial charge in [0.1, 0.15) is 0 Å². The van der Waals surface area contributed by atoms with Crippen molar-refractivity contribution in [1.82, 2.24) is 9.80 Å². The lowest BCUT2D eigenvalue weighted by molar-refractivity contribution is 0.196. The summed E-state index contributed by atoms with van der Waals surface area (Å²) in [4.78, 5) is 14.4. The lowest BCUT2D eigenvalue weighted by Crippen LogP contribution is -2.40. The van der Waals surface area contributed by atoms with Gasteiger partial charge < -0.3 is 15.5 Å². The maximum absolute atomic E-state index is 10.7. The molecule has 0 radical (unpaired) electrons. The highest BCUT2D eigenvalue weighted by Gasteiger charge is 2.11. The normalized spacial score (nSPS) is 13.1. The first kappa shape index (κ1) is 11.2. The number of carbonyl (C=O) groups is 1. The number of nitrogens with two attached hydrogens (primary N) is 1. The minimum absolute atomic E-state index is 0. The Morgan fingerprint density at radius 2 is 2.00 bits per heavy atom. The lowest BCUT2D eigenvalue weighted by atomic mass is 10.2. The highest BCUT2D eigenvalue weighted by molar-refractivity contribution is 5.71. The van der Waals surface area contributed by atoms with Crippen LogP contribution < -0.4 is 5.73 Å². The predicted molar refractivity (Wildman–Crippen MR) is 52.1 cm³/mol. The molecule has 0 spiro atoms. The van der Waals surface area contributed by atoms with Crippen molar-refractivity contribution in [3.05, 3.63) is 0 Å². The summed E-state index contributed by atoms with van der Waals surface area (Å²) in [6.07, 6.45) is 0.951. The van der Waals surface area contributed by atoms with Gasteiger partial charge in [-0.3, -0.25) is 0 Å². The summed E-state index contributed by atoms with van der Waals surface area (Å²) < 4.78 is 0. The van der Waals surface area contributed by atoms with Gasteiger partial charge in [-0.1, -0.05) is 0 Å². The molecule has 0 rings (SSSR count). The maximum Gasteiger partial charge on any atom is 0.314 e. The first-order valence-electron chi connectivity index (χ1n) is 4.12. The van der Waals surface area contributed by atoms with Crippen molar-refractivity contribution >= 4 is 6.03 Å². The molecule has 0 aromatic rings. The molecule has 0 aromatic carbocycles. The predicted octanol–water partition coefficient (Wildman–Crippen LogP) is 0.583. The van der Waals surface area contributed by atoms with Crippen LogP contribution in [0.3, 0.4) is 0 Å². The summed E-state index contributed by atoms with van der Waals surface area (Å²) in [6, 6.07) is -0.147. The second-order valence-electron chi connectivity index (χ2n) is 3.39. The van der Waals surface area contributed by atoms with Crippen molar-refractivity contribution in [1.29, 1.82) is 0 Å². The number of amides is 2. The van der Waals surface area contributed by atoms with Gasteiger partial charge >= 0.3 is 6.03 Å². The van der Waals surface area contributed by atoms with Crippen LogP contribution in [0.4, 0.5) is 4.79 Å². The average molecular weight is 175 g/mol. The number of primary amides is 1. The van der Waals surface area contributed by atoms with E-state index in [1.54, 1.807) is 11.9 Å². The molecule has 1 unspecified atom stereocenters. The Kier molecular flexibility index (Phi) is 4.66. The van der Waals surface area contributed by atoms with Crippen LogP contribution in [0, 0.1) is 0 Å². The van der Waals surface area contributed by atoms with E-state index >= 15 is 0 Å². The lowest BCUT2D eigenvalue weighted by Gasteiger charge is -2.24. The Morgan fingerprint density at radius 1 is 1.50 bits per heavy atom. The fourth-order valence-electron chi connectivity index (χ4n) is 0.856. The molecule has 0 saturated heterocycles. The average Bonchev–Trinajstić information content (AvgIpc) is 1.98. The summed E-state index contributed by atoms with van der Waals surface area (Å²) in [5.74, 6) is 0. The van der Waals surface area contributed by atoms with Crippen molar-refractivity contribution in [2.45, 2.75) is 19.4 Å². The van der Waals surface area contributed by atoms with Gasteiger partial charge in [0.15, 0.2) is 0 Å². The van der Waals surface area contributed by atoms with Crippen molar-refractivity contribution < 1.29 is 6.22 Å². The van der Waals surface area contributed by atoms with Gasteiger partial charge in [-0.2, -0.15) is 0 Å². The number of hydrogen-bond donors (Lipinski definition) is 1. The van der Waals surface area contributed by atoms with Gasteiger partial charge in [-0.25, -0.2) is 4.79 Å². The zero-order chi connectivity index (χ0) is 9.72. The van der Waals surface area contributed by atoms with Gasteiger partial charge in [-0.15, -0.1) is 0 Å². The van der Waals surface area contributed by atoms with E-state index in [0.29, 0.717) is 0 Å². The number of carbonyl (C=O) groups excluding carboxylic acids is 1. The molecule has 0 aromatic heterocycles. The van der Waals surface area contributed by atoms with Crippen molar-refractivity contribution in [2.75, 3.05) is 27.7 Å². The Labute approximate surface area is 75.8 Å². The molecule has 4 heteroatoms. The van der Waals surface area contributed by atoms with Gasteiger partial charge in [0.05, 0.1) is 0 Å². The standard InChI is InChI=1S/C8H19N3O.H2/c1-7(5-6-10(2)3)11(4)8(9)12;/h7H,5-6H2,1-4H3,(H2,9,12);1H. The van der Waals surface area contributed by atoms with Gasteiger partial charge in [0, 0.05) is 14.5 Å². The first-order chi connectivity index (χ1) is 5.45. The van der Waals surface area contributed by atoms with E-state index in [1.165, 1.54) is 0 Å². The molecule has 1 atom stereocenters. The van der Waals surface area contributed by atoms with Crippen molar-refractivity contribution in [3.63, 3.8) is 0 Å². The Bertz CT molecular complexity index is 152. The highest BCUT2D eigenvalue weighted by Crippen LogP contribution is 2.00. The molecule has 0 aliphatic rings. The minimum atomic E-state index is -0.360. The SMILES string of the molecule is CC(CCN(C)C)N(C)C(N)=O.[HH]. The van der Waals surface area contributed by atoms with E-state index in [-0.39, 0.29) is 13.5 Å². The highest BCUT2D eigenvalue weighted by atomic mass is 16.2. The molecule has 0 aliphatic heterocycles. The number of urea groups is 1. The third kappa shape index (κ3) is 4.18. The van der Waals surface area contributed by atoms with Crippen LogP contribution in [-0.4, -0.2) is 49.6 Å². The summed E-state index contributed by atoms with van der Waals surface area (Å²) in [6.45, 7) is 2.97. The Hall–Kier alpha value is -0.770. The Balaban J connectivity index is 0. The molecule has 0 saturated carbocycles. The molecular formula is C8H21N3O. The first-order valence-corrected chi connectivity index (χ1v) is 4.12. The summed E-state index contributed by atoms with van der Waals surface area (Å²) in [5.41, 5.74) is 5.12. The second-order valence-corrected chi connectivity index (χ2v) is 3.39. The monoisotopic (exact) mass is 175 g/mol. The summed E-state index contributed by atoms with van der Waals surface area (Å²) in [5, 5.41) is 0. The van der Waals surface area contributed by atoms with E-state index in [1.807, 2.05) is 21.0 Å². The molecule has 0 heterocycles. The van der Waals surface area contributed by atoms with Crippen LogP contribution in [-0.2, 0) is 0 Å². The molecule has 12 heavy (non-hydrogen) atoms. The smallest absolute Gasteiger partial charge is 0.314 e. The summed E-state index contributed by atoms with van der Waals surface area (Å²) in [7, 11) is 5.75. The molecule has 2 amide bonds. The molecule has 0 bridgehead atoms. The van der Waals surface area contributed by atoms with E-state index in [0.717, 1.165) is 13.0 Å². The van der Waals surface area contributed by atoms with Gasteiger partial charge in [-0.05, 0) is 34.0 Å². The largest absolute Gasteiger partial charge is 0.351 e. The fourth-order valence-corrected chi connectivity index (χ4v) is 0.856. The number of hydrogen-bond acceptors (Lipinski definition) is 2. The van der Waals surface area contributed by atoms with Crippen LogP contribution in [0.2, 0.25) is 0 Å². The van der Waals surface area contributed by atoms with E-state index in [4.69, 9.17) is 5.73 Å². The zero-order valence-corrected chi connectivity index (χ0v) is 8.37. The van der Waals surface area contributed by atoms with Crippen molar-refractivity contribution in [2.24, 2.45) is 5.73 Å². The van der Waals surface area contributed by atoms with Gasteiger partial charge in [0.2, 0.25) is 0 Å². The quantitative estimate of drug-likeness (QED) is 0.679. The fraction of sp³-hybridized carbons (Fsp3) is 0.875. The van der Waals surface area contributed by atoms with Crippen LogP contribution >= 0.6 is 0 Å². The maximum atomic E-state index is 10.7. The molecule has 0 fully saturated rings. The van der Waals surface area contributed by atoms with Crippen LogP contribution in [0.15, 0.2) is 0 Å². The third-order valence-electron chi connectivity index (χ3n) is 2.00. The molecule has 4 nitrogen and oxygen atoms in total. The Morgan fingerprint density at radius 3 is 2.33 bits per heavy atom. The van der Waals surface area contributed by atoms with Gasteiger partial charge in [0.25, 0.3) is 0 Å². The van der Waals surface area contributed by atoms with E-state index < -0.39 is 0 Å². The third-order valence-corrected chi connectivity index (χ3v) is 2.00. The topological polar surface area (TPSA) is 49.6 Å². The van der Waals surface area contributed by atoms with Crippen LogP contribution in [0.25, 0.3) is 0 Å². The van der Waals surface area contributed by atoms with E-state index in [9.17, 15) is 4.79 Å².